The fourth-order valence-electron chi connectivity index (χ4n) is 1.03. The van der Waals surface area contributed by atoms with Crippen LogP contribution in [0.4, 0.5) is 0 Å². The van der Waals surface area contributed by atoms with Gasteiger partial charge in [-0.1, -0.05) is 29.3 Å². The van der Waals surface area contributed by atoms with Gasteiger partial charge >= 0.3 is 0 Å². The predicted octanol–water partition coefficient (Wildman–Crippen LogP) is 4.59. The predicted molar refractivity (Wildman–Crippen MR) is 67.5 cm³/mol. The summed E-state index contributed by atoms with van der Waals surface area (Å²) in [6.45, 7) is 2.22. The third-order valence-corrected chi connectivity index (χ3v) is 4.34. The van der Waals surface area contributed by atoms with Crippen LogP contribution in [0.2, 0.25) is 5.22 Å². The molecular weight excluding hydrogens is 284 g/mol. The molecule has 4 heteroatoms. The molecule has 0 aliphatic rings. The topological polar surface area (TPSA) is 13.1 Å². The lowest BCUT2D eigenvalue weighted by atomic mass is 10.2. The highest BCUT2D eigenvalue weighted by Crippen LogP contribution is 2.21. The van der Waals surface area contributed by atoms with Crippen LogP contribution in [-0.4, -0.2) is 11.1 Å². The molecule has 0 saturated carbocycles. The summed E-state index contributed by atoms with van der Waals surface area (Å²) in [6.07, 6.45) is 1.22. The van der Waals surface area contributed by atoms with E-state index in [4.69, 9.17) is 16.0 Å². The maximum atomic E-state index is 5.67. The molecule has 1 heterocycles. The van der Waals surface area contributed by atoms with Crippen LogP contribution in [0.25, 0.3) is 0 Å². The number of alkyl halides is 1. The Morgan fingerprint density at radius 3 is 2.86 bits per heavy atom. The van der Waals surface area contributed by atoms with Crippen LogP contribution in [0.3, 0.4) is 0 Å². The van der Waals surface area contributed by atoms with Crippen molar-refractivity contribution in [2.45, 2.75) is 19.1 Å². The number of halogens is 2. The SMILES string of the molecule is CCC(CBr)CSCc1ccc(Cl)o1. The minimum absolute atomic E-state index is 0.480. The Hall–Kier alpha value is 0.400. The van der Waals surface area contributed by atoms with Crippen molar-refractivity contribution in [3.8, 4) is 0 Å². The Morgan fingerprint density at radius 2 is 2.36 bits per heavy atom. The van der Waals surface area contributed by atoms with E-state index in [0.717, 1.165) is 22.8 Å². The monoisotopic (exact) mass is 296 g/mol. The van der Waals surface area contributed by atoms with Gasteiger partial charge in [0, 0.05) is 5.33 Å². The van der Waals surface area contributed by atoms with Crippen molar-refractivity contribution >= 4 is 39.3 Å². The van der Waals surface area contributed by atoms with E-state index in [0.29, 0.717) is 5.22 Å². The number of hydrogen-bond donors (Lipinski definition) is 0. The first-order chi connectivity index (χ1) is 6.76. The van der Waals surface area contributed by atoms with Gasteiger partial charge in [-0.2, -0.15) is 11.8 Å². The van der Waals surface area contributed by atoms with E-state index in [-0.39, 0.29) is 0 Å². The van der Waals surface area contributed by atoms with Crippen molar-refractivity contribution in [3.63, 3.8) is 0 Å². The van der Waals surface area contributed by atoms with Crippen LogP contribution in [0.5, 0.6) is 0 Å². The molecule has 0 radical (unpaired) electrons. The van der Waals surface area contributed by atoms with E-state index < -0.39 is 0 Å². The van der Waals surface area contributed by atoms with Crippen molar-refractivity contribution in [2.75, 3.05) is 11.1 Å². The standard InChI is InChI=1S/C10H14BrClOS/c1-2-8(5-11)6-14-7-9-3-4-10(12)13-9/h3-4,8H,2,5-7H2,1H3. The Morgan fingerprint density at radius 1 is 1.57 bits per heavy atom. The summed E-state index contributed by atoms with van der Waals surface area (Å²) < 4.78 is 5.27. The van der Waals surface area contributed by atoms with Crippen LogP contribution >= 0.6 is 39.3 Å². The minimum atomic E-state index is 0.480. The largest absolute Gasteiger partial charge is 0.449 e. The van der Waals surface area contributed by atoms with Gasteiger partial charge in [-0.25, -0.2) is 0 Å². The molecule has 0 amide bonds. The van der Waals surface area contributed by atoms with E-state index in [9.17, 15) is 0 Å². The molecule has 0 aromatic carbocycles. The van der Waals surface area contributed by atoms with Crippen LogP contribution in [0, 0.1) is 5.92 Å². The van der Waals surface area contributed by atoms with Crippen LogP contribution < -0.4 is 0 Å². The quantitative estimate of drug-likeness (QED) is 0.713. The lowest BCUT2D eigenvalue weighted by Gasteiger charge is -2.09. The maximum absolute atomic E-state index is 5.67. The molecule has 1 atom stereocenters. The van der Waals surface area contributed by atoms with Gasteiger partial charge in [-0.05, 0) is 35.4 Å². The molecular formula is C10H14BrClOS. The normalized spacial score (nSPS) is 13.1. The van der Waals surface area contributed by atoms with Crippen molar-refractivity contribution in [2.24, 2.45) is 5.92 Å². The molecule has 0 bridgehead atoms. The fourth-order valence-corrected chi connectivity index (χ4v) is 3.34. The summed E-state index contributed by atoms with van der Waals surface area (Å²) in [5.41, 5.74) is 0. The van der Waals surface area contributed by atoms with E-state index in [1.165, 1.54) is 12.2 Å². The van der Waals surface area contributed by atoms with Gasteiger partial charge in [-0.3, -0.25) is 0 Å². The smallest absolute Gasteiger partial charge is 0.193 e. The van der Waals surface area contributed by atoms with Crippen molar-refractivity contribution in [3.05, 3.63) is 23.1 Å². The molecule has 1 nitrogen and oxygen atoms in total. The lowest BCUT2D eigenvalue weighted by Crippen LogP contribution is -2.03. The van der Waals surface area contributed by atoms with Gasteiger partial charge in [0.05, 0.1) is 5.75 Å². The van der Waals surface area contributed by atoms with Gasteiger partial charge in [0.25, 0.3) is 0 Å². The molecule has 0 aliphatic carbocycles. The van der Waals surface area contributed by atoms with Crippen molar-refractivity contribution < 1.29 is 4.42 Å². The minimum Gasteiger partial charge on any atom is -0.449 e. The fraction of sp³-hybridized carbons (Fsp3) is 0.600. The molecule has 0 spiro atoms. The molecule has 1 rings (SSSR count). The molecule has 14 heavy (non-hydrogen) atoms. The first kappa shape index (κ1) is 12.5. The average molecular weight is 298 g/mol. The maximum Gasteiger partial charge on any atom is 0.193 e. The highest BCUT2D eigenvalue weighted by molar-refractivity contribution is 9.09. The highest BCUT2D eigenvalue weighted by atomic mass is 79.9. The lowest BCUT2D eigenvalue weighted by molar-refractivity contribution is 0.532. The van der Waals surface area contributed by atoms with Gasteiger partial charge < -0.3 is 4.42 Å². The molecule has 1 unspecified atom stereocenters. The van der Waals surface area contributed by atoms with Crippen LogP contribution in [0.1, 0.15) is 19.1 Å². The van der Waals surface area contributed by atoms with Gasteiger partial charge in [0.1, 0.15) is 5.76 Å². The second kappa shape index (κ2) is 6.81. The number of furan rings is 1. The van der Waals surface area contributed by atoms with E-state index in [2.05, 4.69) is 22.9 Å². The second-order valence-corrected chi connectivity index (χ2v) is 5.20. The number of rotatable bonds is 6. The molecule has 0 N–H and O–H groups in total. The van der Waals surface area contributed by atoms with Crippen LogP contribution in [0.15, 0.2) is 16.5 Å². The zero-order valence-electron chi connectivity index (χ0n) is 8.13. The first-order valence-corrected chi connectivity index (χ1v) is 7.29. The number of hydrogen-bond acceptors (Lipinski definition) is 2. The summed E-state index contributed by atoms with van der Waals surface area (Å²) >= 11 is 11.1. The van der Waals surface area contributed by atoms with Crippen molar-refractivity contribution in [1.29, 1.82) is 0 Å². The molecule has 1 aromatic heterocycles. The zero-order chi connectivity index (χ0) is 10.4. The molecule has 0 saturated heterocycles. The molecule has 0 aliphatic heterocycles. The summed E-state index contributed by atoms with van der Waals surface area (Å²) in [6, 6.07) is 3.73. The third-order valence-electron chi connectivity index (χ3n) is 2.02. The Balaban J connectivity index is 2.21. The van der Waals surface area contributed by atoms with Gasteiger partial charge in [0.15, 0.2) is 5.22 Å². The average Bonchev–Trinajstić information content (AvgIpc) is 2.59. The molecule has 1 aromatic rings. The van der Waals surface area contributed by atoms with Gasteiger partial charge in [0.2, 0.25) is 0 Å². The van der Waals surface area contributed by atoms with E-state index >= 15 is 0 Å². The first-order valence-electron chi connectivity index (χ1n) is 4.64. The Bertz CT molecular complexity index is 260. The van der Waals surface area contributed by atoms with E-state index in [1.54, 1.807) is 6.07 Å². The Kier molecular flexibility index (Phi) is 6.06. The van der Waals surface area contributed by atoms with Crippen molar-refractivity contribution in [1.82, 2.24) is 0 Å². The summed E-state index contributed by atoms with van der Waals surface area (Å²) in [7, 11) is 0. The Labute approximate surface area is 103 Å². The second-order valence-electron chi connectivity index (χ2n) is 3.15. The van der Waals surface area contributed by atoms with Gasteiger partial charge in [-0.15, -0.1) is 0 Å². The summed E-state index contributed by atoms with van der Waals surface area (Å²) in [5.74, 6) is 3.80. The zero-order valence-corrected chi connectivity index (χ0v) is 11.3. The van der Waals surface area contributed by atoms with Crippen LogP contribution in [-0.2, 0) is 5.75 Å². The number of thioether (sulfide) groups is 1. The summed E-state index contributed by atoms with van der Waals surface area (Å²) in [5, 5.41) is 1.56. The third kappa shape index (κ3) is 4.28. The van der Waals surface area contributed by atoms with E-state index in [1.807, 2.05) is 17.8 Å². The molecule has 80 valence electrons. The summed E-state index contributed by atoms with van der Waals surface area (Å²) in [4.78, 5) is 0. The highest BCUT2D eigenvalue weighted by Gasteiger charge is 2.05. The molecule has 0 fully saturated rings.